The van der Waals surface area contributed by atoms with Gasteiger partial charge in [0.1, 0.15) is 5.54 Å². The molecule has 124 valence electrons. The van der Waals surface area contributed by atoms with Gasteiger partial charge in [0.2, 0.25) is 5.91 Å². The minimum atomic E-state index is -0.833. The van der Waals surface area contributed by atoms with E-state index in [-0.39, 0.29) is 17.8 Å². The molecular formula is C16H27N3O3. The Kier molecular flexibility index (Phi) is 5.08. The zero-order valence-corrected chi connectivity index (χ0v) is 13.9. The molecule has 0 spiro atoms. The summed E-state index contributed by atoms with van der Waals surface area (Å²) < 4.78 is 0. The van der Waals surface area contributed by atoms with Crippen molar-refractivity contribution in [3.8, 4) is 0 Å². The minimum absolute atomic E-state index is 0.109. The molecule has 1 aliphatic carbocycles. The van der Waals surface area contributed by atoms with E-state index in [1.807, 2.05) is 11.9 Å². The Morgan fingerprint density at radius 2 is 1.91 bits per heavy atom. The van der Waals surface area contributed by atoms with Crippen molar-refractivity contribution in [3.63, 3.8) is 0 Å². The lowest BCUT2D eigenvalue weighted by molar-refractivity contribution is -0.134. The Hall–Kier alpha value is -1.59. The smallest absolute Gasteiger partial charge is 0.325 e. The summed E-state index contributed by atoms with van der Waals surface area (Å²) in [6.07, 6.45) is 6.72. The Balaban J connectivity index is 1.77. The predicted octanol–water partition coefficient (Wildman–Crippen LogP) is 1.89. The molecule has 1 aliphatic heterocycles. The fourth-order valence-corrected chi connectivity index (χ4v) is 3.26. The molecule has 6 nitrogen and oxygen atoms in total. The number of rotatable bonds is 5. The molecule has 0 aromatic heterocycles. The van der Waals surface area contributed by atoms with E-state index in [0.717, 1.165) is 12.8 Å². The molecule has 0 unspecified atom stereocenters. The lowest BCUT2D eigenvalue weighted by atomic mass is 9.94. The van der Waals surface area contributed by atoms with Gasteiger partial charge in [-0.15, -0.1) is 0 Å². The van der Waals surface area contributed by atoms with E-state index in [9.17, 15) is 14.4 Å². The predicted molar refractivity (Wildman–Crippen MR) is 83.2 cm³/mol. The molecule has 0 aromatic rings. The van der Waals surface area contributed by atoms with Crippen LogP contribution >= 0.6 is 0 Å². The lowest BCUT2D eigenvalue weighted by Crippen LogP contribution is -2.40. The third kappa shape index (κ3) is 3.59. The first kappa shape index (κ1) is 16.8. The van der Waals surface area contributed by atoms with Crippen molar-refractivity contribution in [2.75, 3.05) is 13.6 Å². The van der Waals surface area contributed by atoms with Crippen molar-refractivity contribution in [3.05, 3.63) is 0 Å². The standard InChI is InChI=1S/C16H27N3O3/c1-16(2)14(21)19(15(22)17-16)11-7-10-13(20)18(3)12-8-5-4-6-9-12/h12H,4-11H2,1-3H3,(H,17,22). The SMILES string of the molecule is CN(C(=O)CCCN1C(=O)NC(C)(C)C1=O)C1CCCCC1. The van der Waals surface area contributed by atoms with E-state index in [1.54, 1.807) is 13.8 Å². The summed E-state index contributed by atoms with van der Waals surface area (Å²) in [5.41, 5.74) is -0.833. The molecule has 0 bridgehead atoms. The molecule has 1 N–H and O–H groups in total. The number of hydrogen-bond acceptors (Lipinski definition) is 3. The van der Waals surface area contributed by atoms with Gasteiger partial charge in [0, 0.05) is 26.1 Å². The number of carbonyl (C=O) groups excluding carboxylic acids is 3. The maximum absolute atomic E-state index is 12.2. The van der Waals surface area contributed by atoms with Gasteiger partial charge >= 0.3 is 6.03 Å². The fourth-order valence-electron chi connectivity index (χ4n) is 3.26. The van der Waals surface area contributed by atoms with E-state index in [4.69, 9.17) is 0 Å². The number of carbonyl (C=O) groups is 3. The van der Waals surface area contributed by atoms with Crippen LogP contribution in [0.1, 0.15) is 58.8 Å². The van der Waals surface area contributed by atoms with Gasteiger partial charge in [0.05, 0.1) is 0 Å². The van der Waals surface area contributed by atoms with Crippen molar-refractivity contribution in [2.45, 2.75) is 70.4 Å². The zero-order chi connectivity index (χ0) is 16.3. The average Bonchev–Trinajstić information content (AvgIpc) is 2.68. The second-order valence-electron chi connectivity index (χ2n) is 6.91. The first-order chi connectivity index (χ1) is 10.3. The van der Waals surface area contributed by atoms with Crippen LogP contribution in [0.3, 0.4) is 0 Å². The van der Waals surface area contributed by atoms with Gasteiger partial charge in [-0.3, -0.25) is 14.5 Å². The summed E-state index contributed by atoms with van der Waals surface area (Å²) in [7, 11) is 1.87. The molecule has 0 aromatic carbocycles. The van der Waals surface area contributed by atoms with E-state index >= 15 is 0 Å². The van der Waals surface area contributed by atoms with Gasteiger partial charge < -0.3 is 10.2 Å². The molecule has 1 saturated heterocycles. The zero-order valence-electron chi connectivity index (χ0n) is 13.9. The topological polar surface area (TPSA) is 69.7 Å². The molecule has 4 amide bonds. The number of nitrogens with one attached hydrogen (secondary N) is 1. The monoisotopic (exact) mass is 309 g/mol. The highest BCUT2D eigenvalue weighted by Gasteiger charge is 2.43. The normalized spacial score (nSPS) is 21.9. The minimum Gasteiger partial charge on any atom is -0.343 e. The van der Waals surface area contributed by atoms with Gasteiger partial charge in [-0.25, -0.2) is 4.79 Å². The van der Waals surface area contributed by atoms with Crippen LogP contribution in [-0.2, 0) is 9.59 Å². The Morgan fingerprint density at radius 3 is 2.45 bits per heavy atom. The Labute approximate surface area is 132 Å². The third-order valence-corrected chi connectivity index (χ3v) is 4.73. The summed E-state index contributed by atoms with van der Waals surface area (Å²) in [4.78, 5) is 39.1. The summed E-state index contributed by atoms with van der Waals surface area (Å²) >= 11 is 0. The van der Waals surface area contributed by atoms with Crippen LogP contribution in [0, 0.1) is 0 Å². The van der Waals surface area contributed by atoms with Crippen LogP contribution in [-0.4, -0.2) is 52.8 Å². The first-order valence-corrected chi connectivity index (χ1v) is 8.22. The van der Waals surface area contributed by atoms with Crippen LogP contribution < -0.4 is 5.32 Å². The number of imide groups is 1. The van der Waals surface area contributed by atoms with Crippen molar-refractivity contribution < 1.29 is 14.4 Å². The van der Waals surface area contributed by atoms with Crippen LogP contribution in [0.2, 0.25) is 0 Å². The van der Waals surface area contributed by atoms with Gasteiger partial charge in [-0.1, -0.05) is 19.3 Å². The molecule has 2 fully saturated rings. The van der Waals surface area contributed by atoms with E-state index < -0.39 is 5.54 Å². The van der Waals surface area contributed by atoms with E-state index in [2.05, 4.69) is 5.32 Å². The average molecular weight is 309 g/mol. The first-order valence-electron chi connectivity index (χ1n) is 8.22. The second-order valence-corrected chi connectivity index (χ2v) is 6.91. The number of amides is 4. The van der Waals surface area contributed by atoms with Crippen molar-refractivity contribution >= 4 is 17.8 Å². The van der Waals surface area contributed by atoms with E-state index in [1.165, 1.54) is 24.2 Å². The molecule has 0 atom stereocenters. The third-order valence-electron chi connectivity index (χ3n) is 4.73. The van der Waals surface area contributed by atoms with Gasteiger partial charge in [-0.2, -0.15) is 0 Å². The molecule has 22 heavy (non-hydrogen) atoms. The largest absolute Gasteiger partial charge is 0.343 e. The van der Waals surface area contributed by atoms with Crippen LogP contribution in [0.5, 0.6) is 0 Å². The maximum Gasteiger partial charge on any atom is 0.325 e. The number of urea groups is 1. The molecule has 1 saturated carbocycles. The second kappa shape index (κ2) is 6.67. The summed E-state index contributed by atoms with van der Waals surface area (Å²) in [5, 5.41) is 2.65. The van der Waals surface area contributed by atoms with Crippen LogP contribution in [0.25, 0.3) is 0 Å². The Morgan fingerprint density at radius 1 is 1.27 bits per heavy atom. The quantitative estimate of drug-likeness (QED) is 0.788. The molecule has 1 heterocycles. The van der Waals surface area contributed by atoms with Crippen molar-refractivity contribution in [2.24, 2.45) is 0 Å². The van der Waals surface area contributed by atoms with Crippen molar-refractivity contribution in [1.82, 2.24) is 15.1 Å². The van der Waals surface area contributed by atoms with Crippen LogP contribution in [0.15, 0.2) is 0 Å². The summed E-state index contributed by atoms with van der Waals surface area (Å²) in [6, 6.07) is -0.0000142. The Bertz CT molecular complexity index is 456. The highest BCUT2D eigenvalue weighted by molar-refractivity contribution is 6.06. The van der Waals surface area contributed by atoms with Gasteiger partial charge in [-0.05, 0) is 33.1 Å². The van der Waals surface area contributed by atoms with E-state index in [0.29, 0.717) is 25.4 Å². The lowest BCUT2D eigenvalue weighted by Gasteiger charge is -2.31. The molecule has 2 aliphatic rings. The molecule has 2 rings (SSSR count). The number of nitrogens with zero attached hydrogens (tertiary/aromatic N) is 2. The molecular weight excluding hydrogens is 282 g/mol. The van der Waals surface area contributed by atoms with Gasteiger partial charge in [0.15, 0.2) is 0 Å². The highest BCUT2D eigenvalue weighted by Crippen LogP contribution is 2.22. The maximum atomic E-state index is 12.2. The molecule has 0 radical (unpaired) electrons. The van der Waals surface area contributed by atoms with Crippen LogP contribution in [0.4, 0.5) is 4.79 Å². The van der Waals surface area contributed by atoms with Gasteiger partial charge in [0.25, 0.3) is 5.91 Å². The molecule has 6 heteroatoms. The number of hydrogen-bond donors (Lipinski definition) is 1. The van der Waals surface area contributed by atoms with Crippen molar-refractivity contribution in [1.29, 1.82) is 0 Å². The fraction of sp³-hybridized carbons (Fsp3) is 0.812. The summed E-state index contributed by atoms with van der Waals surface area (Å²) in [6.45, 7) is 3.68. The summed E-state index contributed by atoms with van der Waals surface area (Å²) in [5.74, 6) is -0.108. The highest BCUT2D eigenvalue weighted by atomic mass is 16.2.